The van der Waals surface area contributed by atoms with Crippen molar-refractivity contribution in [3.8, 4) is 0 Å². The van der Waals surface area contributed by atoms with Crippen LogP contribution in [-0.4, -0.2) is 31.7 Å². The van der Waals surface area contributed by atoms with Gasteiger partial charge in [0.1, 0.15) is 0 Å². The molecule has 0 aliphatic rings. The van der Waals surface area contributed by atoms with Crippen LogP contribution in [-0.2, 0) is 11.3 Å². The summed E-state index contributed by atoms with van der Waals surface area (Å²) in [7, 11) is 0. The summed E-state index contributed by atoms with van der Waals surface area (Å²) in [5.74, 6) is -1.27. The summed E-state index contributed by atoms with van der Waals surface area (Å²) in [6.07, 6.45) is 1.54. The minimum atomic E-state index is -0.906. The highest BCUT2D eigenvalue weighted by Crippen LogP contribution is 2.28. The normalized spacial score (nSPS) is 10.8. The highest BCUT2D eigenvalue weighted by molar-refractivity contribution is 7.22. The van der Waals surface area contributed by atoms with Gasteiger partial charge in [-0.3, -0.25) is 19.6 Å². The first-order valence-corrected chi connectivity index (χ1v) is 7.77. The molecule has 7 nitrogen and oxygen atoms in total. The summed E-state index contributed by atoms with van der Waals surface area (Å²) in [5.41, 5.74) is 2.16. The summed E-state index contributed by atoms with van der Waals surface area (Å²) in [5, 5.41) is 16.0. The van der Waals surface area contributed by atoms with E-state index in [1.54, 1.807) is 12.3 Å². The number of carboxylic acids is 1. The van der Waals surface area contributed by atoms with Gasteiger partial charge in [-0.05, 0) is 24.6 Å². The van der Waals surface area contributed by atoms with Gasteiger partial charge in [0.25, 0.3) is 5.91 Å². The Balaban J connectivity index is 1.73. The standard InChI is InChI=1S/C15H14N4O3S/c1-9-3-2-4-11-13(9)16-15(23-11)17-14(22)10-5-7-19(18-10)8-6-12(20)21/h2-5,7H,6,8H2,1H3,(H,20,21)(H,16,17,22). The molecule has 2 heterocycles. The fraction of sp³-hybridized carbons (Fsp3) is 0.200. The summed E-state index contributed by atoms with van der Waals surface area (Å²) in [6, 6.07) is 7.43. The number of nitrogens with one attached hydrogen (secondary N) is 1. The minimum Gasteiger partial charge on any atom is -0.481 e. The van der Waals surface area contributed by atoms with Crippen molar-refractivity contribution >= 4 is 38.6 Å². The molecule has 0 atom stereocenters. The van der Waals surface area contributed by atoms with Gasteiger partial charge < -0.3 is 5.11 Å². The predicted molar refractivity (Wildman–Crippen MR) is 86.8 cm³/mol. The molecule has 3 aromatic rings. The van der Waals surface area contributed by atoms with E-state index in [0.29, 0.717) is 5.13 Å². The van der Waals surface area contributed by atoms with Crippen LogP contribution in [0.3, 0.4) is 0 Å². The van der Waals surface area contributed by atoms with Crippen LogP contribution >= 0.6 is 11.3 Å². The highest BCUT2D eigenvalue weighted by Gasteiger charge is 2.13. The Morgan fingerprint density at radius 3 is 2.91 bits per heavy atom. The second-order valence-electron chi connectivity index (χ2n) is 5.00. The van der Waals surface area contributed by atoms with Crippen LogP contribution in [0.4, 0.5) is 5.13 Å². The SMILES string of the molecule is Cc1cccc2sc(NC(=O)c3ccn(CCC(=O)O)n3)nc12. The Morgan fingerprint density at radius 2 is 2.17 bits per heavy atom. The zero-order valence-corrected chi connectivity index (χ0v) is 13.1. The van der Waals surface area contributed by atoms with E-state index in [1.807, 2.05) is 25.1 Å². The van der Waals surface area contributed by atoms with Gasteiger partial charge in [-0.15, -0.1) is 0 Å². The van der Waals surface area contributed by atoms with Crippen LogP contribution in [0.25, 0.3) is 10.2 Å². The van der Waals surface area contributed by atoms with Crippen LogP contribution < -0.4 is 5.32 Å². The molecule has 0 unspecified atom stereocenters. The van der Waals surface area contributed by atoms with Crippen molar-refractivity contribution in [2.45, 2.75) is 19.9 Å². The number of para-hydroxylation sites is 1. The fourth-order valence-electron chi connectivity index (χ4n) is 2.12. The molecule has 0 saturated heterocycles. The molecule has 0 radical (unpaired) electrons. The lowest BCUT2D eigenvalue weighted by atomic mass is 10.2. The first-order chi connectivity index (χ1) is 11.0. The van der Waals surface area contributed by atoms with Crippen molar-refractivity contribution < 1.29 is 14.7 Å². The van der Waals surface area contributed by atoms with Crippen molar-refractivity contribution in [1.82, 2.24) is 14.8 Å². The second kappa shape index (κ2) is 6.17. The maximum Gasteiger partial charge on any atom is 0.305 e. The van der Waals surface area contributed by atoms with Gasteiger partial charge in [0.2, 0.25) is 0 Å². The number of hydrogen-bond donors (Lipinski definition) is 2. The quantitative estimate of drug-likeness (QED) is 0.749. The molecule has 3 rings (SSSR count). The van der Waals surface area contributed by atoms with Crippen molar-refractivity contribution in [2.24, 2.45) is 0 Å². The number of anilines is 1. The monoisotopic (exact) mass is 330 g/mol. The molecule has 0 aliphatic heterocycles. The number of carbonyl (C=O) groups excluding carboxylic acids is 1. The van der Waals surface area contributed by atoms with E-state index in [2.05, 4.69) is 15.4 Å². The summed E-state index contributed by atoms with van der Waals surface area (Å²) >= 11 is 1.40. The number of carbonyl (C=O) groups is 2. The Morgan fingerprint density at radius 1 is 1.35 bits per heavy atom. The number of amides is 1. The third-order valence-corrected chi connectivity index (χ3v) is 4.21. The van der Waals surface area contributed by atoms with Gasteiger partial charge in [0, 0.05) is 6.20 Å². The third kappa shape index (κ3) is 3.37. The van der Waals surface area contributed by atoms with Crippen LogP contribution in [0.2, 0.25) is 0 Å². The lowest BCUT2D eigenvalue weighted by Crippen LogP contribution is -2.13. The lowest BCUT2D eigenvalue weighted by molar-refractivity contribution is -0.137. The van der Waals surface area contributed by atoms with Gasteiger partial charge >= 0.3 is 5.97 Å². The molecule has 23 heavy (non-hydrogen) atoms. The Labute approximate surface area is 135 Å². The molecule has 0 aliphatic carbocycles. The molecule has 0 spiro atoms. The molecule has 118 valence electrons. The van der Waals surface area contributed by atoms with Gasteiger partial charge in [0.05, 0.1) is 23.2 Å². The number of thiazole rings is 1. The van der Waals surface area contributed by atoms with E-state index in [0.717, 1.165) is 15.8 Å². The molecule has 2 N–H and O–H groups in total. The van der Waals surface area contributed by atoms with E-state index in [4.69, 9.17) is 5.11 Å². The topological polar surface area (TPSA) is 97.1 Å². The predicted octanol–water partition coefficient (Wildman–Crippen LogP) is 2.53. The van der Waals surface area contributed by atoms with E-state index < -0.39 is 5.97 Å². The van der Waals surface area contributed by atoms with Gasteiger partial charge in [-0.1, -0.05) is 23.5 Å². The largest absolute Gasteiger partial charge is 0.481 e. The smallest absolute Gasteiger partial charge is 0.305 e. The minimum absolute atomic E-state index is 0.0418. The molecule has 0 bridgehead atoms. The number of carboxylic acid groups (broad SMARTS) is 1. The number of nitrogens with zero attached hydrogens (tertiary/aromatic N) is 3. The molecule has 8 heteroatoms. The van der Waals surface area contributed by atoms with E-state index in [1.165, 1.54) is 16.0 Å². The third-order valence-electron chi connectivity index (χ3n) is 3.27. The first kappa shape index (κ1) is 15.2. The fourth-order valence-corrected chi connectivity index (χ4v) is 3.06. The zero-order valence-electron chi connectivity index (χ0n) is 12.3. The van der Waals surface area contributed by atoms with Crippen molar-refractivity contribution in [1.29, 1.82) is 0 Å². The molecular formula is C15H14N4O3S. The van der Waals surface area contributed by atoms with Crippen LogP contribution in [0.5, 0.6) is 0 Å². The molecule has 2 aromatic heterocycles. The Kier molecular flexibility index (Phi) is 4.07. The van der Waals surface area contributed by atoms with Gasteiger partial charge in [0.15, 0.2) is 10.8 Å². The van der Waals surface area contributed by atoms with E-state index in [9.17, 15) is 9.59 Å². The molecule has 1 amide bonds. The number of rotatable bonds is 5. The maximum absolute atomic E-state index is 12.2. The van der Waals surface area contributed by atoms with Crippen molar-refractivity contribution in [2.75, 3.05) is 5.32 Å². The van der Waals surface area contributed by atoms with E-state index in [-0.39, 0.29) is 24.6 Å². The number of fused-ring (bicyclic) bond motifs is 1. The lowest BCUT2D eigenvalue weighted by Gasteiger charge is -1.99. The van der Waals surface area contributed by atoms with Crippen molar-refractivity contribution in [3.05, 3.63) is 41.7 Å². The molecular weight excluding hydrogens is 316 g/mol. The molecule has 0 saturated carbocycles. The average molecular weight is 330 g/mol. The highest BCUT2D eigenvalue weighted by atomic mass is 32.1. The summed E-state index contributed by atoms with van der Waals surface area (Å²) in [4.78, 5) is 27.1. The first-order valence-electron chi connectivity index (χ1n) is 6.95. The van der Waals surface area contributed by atoms with E-state index >= 15 is 0 Å². The summed E-state index contributed by atoms with van der Waals surface area (Å²) < 4.78 is 2.44. The van der Waals surface area contributed by atoms with Gasteiger partial charge in [-0.2, -0.15) is 5.10 Å². The number of aryl methyl sites for hydroxylation is 2. The Hall–Kier alpha value is -2.74. The zero-order chi connectivity index (χ0) is 16.4. The maximum atomic E-state index is 12.2. The second-order valence-corrected chi connectivity index (χ2v) is 6.03. The molecule has 0 fully saturated rings. The Bertz CT molecular complexity index is 884. The number of aliphatic carboxylic acids is 1. The molecule has 1 aromatic carbocycles. The average Bonchev–Trinajstić information content (AvgIpc) is 3.12. The van der Waals surface area contributed by atoms with Crippen LogP contribution in [0, 0.1) is 6.92 Å². The van der Waals surface area contributed by atoms with Crippen molar-refractivity contribution in [3.63, 3.8) is 0 Å². The number of benzene rings is 1. The van der Waals surface area contributed by atoms with Gasteiger partial charge in [-0.25, -0.2) is 4.98 Å². The van der Waals surface area contributed by atoms with Crippen LogP contribution in [0.15, 0.2) is 30.5 Å². The summed E-state index contributed by atoms with van der Waals surface area (Å²) in [6.45, 7) is 2.20. The van der Waals surface area contributed by atoms with Crippen LogP contribution in [0.1, 0.15) is 22.5 Å². The number of aromatic nitrogens is 3. The number of hydrogen-bond acceptors (Lipinski definition) is 5.